The Morgan fingerprint density at radius 3 is 2.38 bits per heavy atom. The molecule has 0 unspecified atom stereocenters. The minimum atomic E-state index is -1.09. The van der Waals surface area contributed by atoms with Crippen molar-refractivity contribution in [3.63, 3.8) is 0 Å². The van der Waals surface area contributed by atoms with Gasteiger partial charge in [-0.25, -0.2) is 14.8 Å². The van der Waals surface area contributed by atoms with Gasteiger partial charge in [0.05, 0.1) is 12.3 Å². The van der Waals surface area contributed by atoms with E-state index in [-0.39, 0.29) is 24.5 Å². The first-order valence-corrected chi connectivity index (χ1v) is 9.21. The second-order valence-corrected chi connectivity index (χ2v) is 7.01. The Bertz CT molecular complexity index is 1080. The largest absolute Gasteiger partial charge is 0.477 e. The number of ketones is 1. The average Bonchev–Trinajstić information content (AvgIpc) is 2.70. The van der Waals surface area contributed by atoms with E-state index in [1.54, 1.807) is 13.8 Å². The predicted octanol–water partition coefficient (Wildman–Crippen LogP) is 3.68. The zero-order valence-electron chi connectivity index (χ0n) is 16.6. The quantitative estimate of drug-likeness (QED) is 0.623. The second kappa shape index (κ2) is 8.32. The molecular weight excluding hydrogens is 368 g/mol. The summed E-state index contributed by atoms with van der Waals surface area (Å²) in [7, 11) is 0. The lowest BCUT2D eigenvalue weighted by atomic mass is 9.98. The Kier molecular flexibility index (Phi) is 5.84. The van der Waals surface area contributed by atoms with Gasteiger partial charge in [-0.3, -0.25) is 4.79 Å². The van der Waals surface area contributed by atoms with Crippen LogP contribution in [-0.2, 0) is 13.0 Å². The molecule has 2 N–H and O–H groups in total. The second-order valence-electron chi connectivity index (χ2n) is 7.01. The Morgan fingerprint density at radius 2 is 1.72 bits per heavy atom. The van der Waals surface area contributed by atoms with Gasteiger partial charge in [0.2, 0.25) is 0 Å². The molecule has 2 aromatic heterocycles. The molecule has 0 bridgehead atoms. The Hall–Kier alpha value is -3.38. The van der Waals surface area contributed by atoms with Gasteiger partial charge in [-0.15, -0.1) is 0 Å². The smallest absolute Gasteiger partial charge is 0.354 e. The number of aryl methyl sites for hydroxylation is 3. The number of carbonyl (C=O) groups excluding carboxylic acids is 1. The number of Topliss-reactive ketones (excluding diaryl/α,β-unsaturated/α-hetero) is 1. The monoisotopic (exact) mass is 390 g/mol. The normalized spacial score (nSPS) is 10.8. The van der Waals surface area contributed by atoms with Crippen molar-refractivity contribution in [2.75, 3.05) is 0 Å². The molecule has 0 aliphatic heterocycles. The van der Waals surface area contributed by atoms with E-state index < -0.39 is 5.97 Å². The van der Waals surface area contributed by atoms with Gasteiger partial charge in [0.1, 0.15) is 11.4 Å². The highest BCUT2D eigenvalue weighted by Gasteiger charge is 2.18. The molecule has 0 amide bonds. The zero-order valence-corrected chi connectivity index (χ0v) is 16.6. The molecule has 148 valence electrons. The topological polar surface area (TPSA) is 100 Å². The molecule has 3 aromatic rings. The number of aliphatic hydroxyl groups excluding tert-OH is 1. The third-order valence-corrected chi connectivity index (χ3v) is 4.88. The fraction of sp³-hybridized carbons (Fsp3) is 0.217. The van der Waals surface area contributed by atoms with Gasteiger partial charge in [0.15, 0.2) is 5.78 Å². The maximum absolute atomic E-state index is 13.0. The third kappa shape index (κ3) is 4.38. The summed E-state index contributed by atoms with van der Waals surface area (Å²) in [6, 6.07) is 12.6. The standard InChI is InChI=1S/C23H22N2O4/c1-13-7-8-19(17-6-4-5-16(10-17)12-26)25-22(13)21(27)11-18-14(2)9-20(23(28)29)24-15(18)3/h4-10,26H,11-12H2,1-3H3,(H,28,29). The molecule has 0 fully saturated rings. The fourth-order valence-electron chi connectivity index (χ4n) is 3.28. The van der Waals surface area contributed by atoms with Crippen LogP contribution in [0, 0.1) is 20.8 Å². The zero-order chi connectivity index (χ0) is 21.1. The van der Waals surface area contributed by atoms with Gasteiger partial charge in [-0.1, -0.05) is 24.3 Å². The summed E-state index contributed by atoms with van der Waals surface area (Å²) in [5.41, 5.74) is 5.32. The van der Waals surface area contributed by atoms with Crippen molar-refractivity contribution in [2.24, 2.45) is 0 Å². The number of aromatic nitrogens is 2. The van der Waals surface area contributed by atoms with Gasteiger partial charge >= 0.3 is 5.97 Å². The molecule has 2 heterocycles. The fourth-order valence-corrected chi connectivity index (χ4v) is 3.28. The highest BCUT2D eigenvalue weighted by Crippen LogP contribution is 2.22. The van der Waals surface area contributed by atoms with Gasteiger partial charge in [0.25, 0.3) is 0 Å². The predicted molar refractivity (Wildman–Crippen MR) is 109 cm³/mol. The molecule has 0 atom stereocenters. The van der Waals surface area contributed by atoms with Crippen LogP contribution in [0.5, 0.6) is 0 Å². The van der Waals surface area contributed by atoms with Gasteiger partial charge in [0, 0.05) is 17.7 Å². The van der Waals surface area contributed by atoms with E-state index in [9.17, 15) is 14.7 Å². The lowest BCUT2D eigenvalue weighted by molar-refractivity contribution is 0.0690. The van der Waals surface area contributed by atoms with Crippen LogP contribution in [0.1, 0.15) is 48.9 Å². The number of nitrogens with zero attached hydrogens (tertiary/aromatic N) is 2. The highest BCUT2D eigenvalue weighted by atomic mass is 16.4. The number of rotatable bonds is 6. The Labute approximate surface area is 168 Å². The third-order valence-electron chi connectivity index (χ3n) is 4.88. The molecular formula is C23H22N2O4. The molecule has 0 aliphatic rings. The Morgan fingerprint density at radius 1 is 0.966 bits per heavy atom. The molecule has 29 heavy (non-hydrogen) atoms. The highest BCUT2D eigenvalue weighted by molar-refractivity contribution is 5.98. The van der Waals surface area contributed by atoms with Crippen LogP contribution in [0.3, 0.4) is 0 Å². The summed E-state index contributed by atoms with van der Waals surface area (Å²) in [6.07, 6.45) is 0.0958. The van der Waals surface area contributed by atoms with Gasteiger partial charge in [-0.05, 0) is 61.2 Å². The van der Waals surface area contributed by atoms with E-state index in [4.69, 9.17) is 5.11 Å². The molecule has 0 saturated heterocycles. The van der Waals surface area contributed by atoms with E-state index in [0.29, 0.717) is 28.2 Å². The van der Waals surface area contributed by atoms with Gasteiger partial charge in [-0.2, -0.15) is 0 Å². The number of carboxylic acids is 1. The molecule has 6 nitrogen and oxygen atoms in total. The molecule has 3 rings (SSSR count). The number of pyridine rings is 2. The summed E-state index contributed by atoms with van der Waals surface area (Å²) in [5, 5.41) is 18.5. The number of carbonyl (C=O) groups is 2. The van der Waals surface area contributed by atoms with Gasteiger partial charge < -0.3 is 10.2 Å². The van der Waals surface area contributed by atoms with E-state index in [1.165, 1.54) is 6.07 Å². The summed E-state index contributed by atoms with van der Waals surface area (Å²) in [4.78, 5) is 32.9. The van der Waals surface area contributed by atoms with Crippen molar-refractivity contribution in [2.45, 2.75) is 33.8 Å². The summed E-state index contributed by atoms with van der Waals surface area (Å²) >= 11 is 0. The minimum absolute atomic E-state index is 0.0312. The van der Waals surface area contributed by atoms with Crippen LogP contribution in [-0.4, -0.2) is 31.9 Å². The SMILES string of the molecule is Cc1ccc(-c2cccc(CO)c2)nc1C(=O)Cc1c(C)cc(C(=O)O)nc1C. The average molecular weight is 390 g/mol. The summed E-state index contributed by atoms with van der Waals surface area (Å²) < 4.78 is 0. The van der Waals surface area contributed by atoms with Crippen LogP contribution in [0.2, 0.25) is 0 Å². The van der Waals surface area contributed by atoms with E-state index in [1.807, 2.05) is 43.3 Å². The van der Waals surface area contributed by atoms with Crippen LogP contribution in [0.25, 0.3) is 11.3 Å². The number of hydrogen-bond donors (Lipinski definition) is 2. The maximum Gasteiger partial charge on any atom is 0.354 e. The van der Waals surface area contributed by atoms with Crippen molar-refractivity contribution in [3.05, 3.63) is 81.8 Å². The maximum atomic E-state index is 13.0. The van der Waals surface area contributed by atoms with Crippen molar-refractivity contribution < 1.29 is 19.8 Å². The lowest BCUT2D eigenvalue weighted by Crippen LogP contribution is -2.13. The van der Waals surface area contributed by atoms with Crippen LogP contribution < -0.4 is 0 Å². The number of benzene rings is 1. The molecule has 1 aromatic carbocycles. The summed E-state index contributed by atoms with van der Waals surface area (Å²) in [5.74, 6) is -1.25. The summed E-state index contributed by atoms with van der Waals surface area (Å²) in [6.45, 7) is 5.25. The number of aromatic carboxylic acids is 1. The first kappa shape index (κ1) is 20.4. The van der Waals surface area contributed by atoms with Crippen LogP contribution in [0.4, 0.5) is 0 Å². The molecule has 0 radical (unpaired) electrons. The number of hydrogen-bond acceptors (Lipinski definition) is 5. The van der Waals surface area contributed by atoms with Crippen molar-refractivity contribution >= 4 is 11.8 Å². The molecule has 0 spiro atoms. The molecule has 0 aliphatic carbocycles. The van der Waals surface area contributed by atoms with E-state index >= 15 is 0 Å². The van der Waals surface area contributed by atoms with E-state index in [2.05, 4.69) is 9.97 Å². The number of aliphatic hydroxyl groups is 1. The van der Waals surface area contributed by atoms with Crippen LogP contribution >= 0.6 is 0 Å². The van der Waals surface area contributed by atoms with Crippen LogP contribution in [0.15, 0.2) is 42.5 Å². The Balaban J connectivity index is 1.95. The minimum Gasteiger partial charge on any atom is -0.477 e. The first-order chi connectivity index (χ1) is 13.8. The van der Waals surface area contributed by atoms with Crippen molar-refractivity contribution in [1.82, 2.24) is 9.97 Å². The number of carboxylic acid groups (broad SMARTS) is 1. The molecule has 0 saturated carbocycles. The van der Waals surface area contributed by atoms with Crippen molar-refractivity contribution in [1.29, 1.82) is 0 Å². The van der Waals surface area contributed by atoms with E-state index in [0.717, 1.165) is 16.7 Å². The molecule has 6 heteroatoms. The lowest BCUT2D eigenvalue weighted by Gasteiger charge is -2.12. The first-order valence-electron chi connectivity index (χ1n) is 9.21. The van der Waals surface area contributed by atoms with Crippen molar-refractivity contribution in [3.8, 4) is 11.3 Å².